The van der Waals surface area contributed by atoms with E-state index >= 15 is 0 Å². The van der Waals surface area contributed by atoms with Crippen LogP contribution in [0.4, 0.5) is 0 Å². The monoisotopic (exact) mass is 339 g/mol. The second-order valence-corrected chi connectivity index (χ2v) is 5.11. The minimum absolute atomic E-state index is 0. The van der Waals surface area contributed by atoms with Crippen molar-refractivity contribution >= 4 is 0 Å². The van der Waals surface area contributed by atoms with Crippen molar-refractivity contribution in [2.45, 2.75) is 4.03 Å². The summed E-state index contributed by atoms with van der Waals surface area (Å²) in [5, 5.41) is 3.42. The Morgan fingerprint density at radius 1 is 1.12 bits per heavy atom. The number of hydrogen-bond acceptors (Lipinski definition) is 4. The summed E-state index contributed by atoms with van der Waals surface area (Å²) in [5.74, 6) is 0. The van der Waals surface area contributed by atoms with E-state index in [0.717, 1.165) is 32.7 Å². The normalized spacial score (nSPS) is 27.6. The van der Waals surface area contributed by atoms with E-state index < -0.39 is 0 Å². The zero-order valence-corrected chi connectivity index (χ0v) is 14.3. The molecule has 1 aliphatic rings. The molecule has 1 saturated heterocycles. The van der Waals surface area contributed by atoms with Gasteiger partial charge in [0.25, 0.3) is 0 Å². The Labute approximate surface area is 135 Å². The van der Waals surface area contributed by atoms with E-state index in [1.807, 2.05) is 0 Å². The summed E-state index contributed by atoms with van der Waals surface area (Å²) >= 11 is 2.13. The van der Waals surface area contributed by atoms with Crippen molar-refractivity contribution in [1.29, 1.82) is 0 Å². The van der Waals surface area contributed by atoms with Crippen molar-refractivity contribution in [2.24, 2.45) is 0 Å². The fourth-order valence-corrected chi connectivity index (χ4v) is 1.87. The van der Waals surface area contributed by atoms with Crippen molar-refractivity contribution < 1.29 is 62.4 Å². The van der Waals surface area contributed by atoms with Gasteiger partial charge in [0, 0.05) is 0 Å². The molecule has 1 unspecified atom stereocenters. The van der Waals surface area contributed by atoms with Crippen LogP contribution in [-0.2, 0) is 25.2 Å². The summed E-state index contributed by atoms with van der Waals surface area (Å²) in [6, 6.07) is 0. The summed E-state index contributed by atoms with van der Waals surface area (Å²) in [6.07, 6.45) is 0. The first kappa shape index (κ1) is 23.5. The van der Waals surface area contributed by atoms with Gasteiger partial charge in [0.1, 0.15) is 0 Å². The molecular formula is C9H20Cl3N3OTi. The van der Waals surface area contributed by atoms with Crippen molar-refractivity contribution in [3.8, 4) is 0 Å². The molecule has 0 aromatic carbocycles. The molecule has 102 valence electrons. The van der Waals surface area contributed by atoms with Crippen LogP contribution in [0.5, 0.6) is 0 Å². The average molecular weight is 341 g/mol. The summed E-state index contributed by atoms with van der Waals surface area (Å²) in [4.78, 5) is 4.60. The van der Waals surface area contributed by atoms with Crippen LogP contribution in [0.2, 0.25) is 0 Å². The molecule has 0 aromatic heterocycles. The van der Waals surface area contributed by atoms with E-state index in [0.29, 0.717) is 0 Å². The molecule has 1 fully saturated rings. The van der Waals surface area contributed by atoms with Gasteiger partial charge in [-0.05, 0) is 0 Å². The Morgan fingerprint density at radius 2 is 1.71 bits per heavy atom. The predicted octanol–water partition coefficient (Wildman–Crippen LogP) is -9.69. The molecule has 1 N–H and O–H groups in total. The molecule has 0 aromatic rings. The molecule has 0 saturated carbocycles. The van der Waals surface area contributed by atoms with Crippen LogP contribution in [0.3, 0.4) is 0 Å². The third kappa shape index (κ3) is 7.55. The third-order valence-corrected chi connectivity index (χ3v) is 4.00. The zero-order valence-electron chi connectivity index (χ0n) is 10.5. The Bertz CT molecular complexity index is 193. The topological polar surface area (TPSA) is 27.7 Å². The summed E-state index contributed by atoms with van der Waals surface area (Å²) in [7, 11) is 6.05. The van der Waals surface area contributed by atoms with Gasteiger partial charge in [-0.15, -0.1) is 0 Å². The number of rotatable bonds is 1. The number of methoxy groups -OCH3 is 1. The van der Waals surface area contributed by atoms with Gasteiger partial charge >= 0.3 is 98.2 Å². The van der Waals surface area contributed by atoms with E-state index in [1.165, 1.54) is 0 Å². The van der Waals surface area contributed by atoms with Crippen LogP contribution >= 0.6 is 0 Å². The second-order valence-electron chi connectivity index (χ2n) is 3.89. The largest absolute Gasteiger partial charge is 1.00 e. The molecule has 0 spiro atoms. The van der Waals surface area contributed by atoms with E-state index in [9.17, 15) is 0 Å². The number of ether oxygens (including phenoxy) is 1. The van der Waals surface area contributed by atoms with Gasteiger partial charge in [0.05, 0.1) is 0 Å². The number of nitrogens with one attached hydrogen (secondary N) is 1. The molecule has 1 heterocycles. The maximum absolute atomic E-state index is 5.56. The van der Waals surface area contributed by atoms with Crippen LogP contribution in [0, 0.1) is 0 Å². The van der Waals surface area contributed by atoms with Crippen LogP contribution in [0.1, 0.15) is 0 Å². The first-order chi connectivity index (χ1) is 6.58. The molecule has 17 heavy (non-hydrogen) atoms. The molecule has 0 aliphatic carbocycles. The first-order valence-corrected chi connectivity index (χ1v) is 5.77. The van der Waals surface area contributed by atoms with Crippen molar-refractivity contribution in [3.05, 3.63) is 0 Å². The Hall–Kier alpha value is 1.42. The minimum atomic E-state index is -0.175. The molecule has 1 rings (SSSR count). The molecular weight excluding hydrogens is 320 g/mol. The van der Waals surface area contributed by atoms with Gasteiger partial charge in [0.15, 0.2) is 0 Å². The Morgan fingerprint density at radius 3 is 2.24 bits per heavy atom. The molecule has 1 aliphatic heterocycles. The van der Waals surface area contributed by atoms with Crippen LogP contribution < -0.4 is 42.5 Å². The summed E-state index contributed by atoms with van der Waals surface area (Å²) in [5.41, 5.74) is 0. The molecule has 1 atom stereocenters. The van der Waals surface area contributed by atoms with E-state index in [-0.39, 0.29) is 41.3 Å². The molecule has 8 heteroatoms. The fourth-order valence-electron chi connectivity index (χ4n) is 1.50. The van der Waals surface area contributed by atoms with Gasteiger partial charge < -0.3 is 37.2 Å². The third-order valence-electron chi connectivity index (χ3n) is 2.81. The smallest absolute Gasteiger partial charge is 1.00 e. The van der Waals surface area contributed by atoms with Crippen LogP contribution in [0.25, 0.3) is 0 Å². The van der Waals surface area contributed by atoms with Crippen molar-refractivity contribution in [2.75, 3.05) is 53.9 Å². The van der Waals surface area contributed by atoms with Gasteiger partial charge in [-0.3, -0.25) is 0 Å². The van der Waals surface area contributed by atoms with Crippen molar-refractivity contribution in [1.82, 2.24) is 15.1 Å². The molecule has 0 bridgehead atoms. The van der Waals surface area contributed by atoms with E-state index in [1.54, 1.807) is 7.11 Å². The minimum Gasteiger partial charge on any atom is -1.00 e. The van der Waals surface area contributed by atoms with E-state index in [4.69, 9.17) is 4.74 Å². The van der Waals surface area contributed by atoms with Gasteiger partial charge in [0.2, 0.25) is 0 Å². The molecule has 0 amide bonds. The van der Waals surface area contributed by atoms with Gasteiger partial charge in [-0.2, -0.15) is 0 Å². The standard InChI is InChI=1S/C9H20N3O.3ClH.Ti/c1-11-5-4-10-8-9(13-3)12(2)7-6-11;;;;/h10H,4-8H2,1-3H3;3*1H;/q;;;;+3/p-3. The summed E-state index contributed by atoms with van der Waals surface area (Å²) in [6.45, 7) is 5.16. The molecule has 0 radical (unpaired) electrons. The fraction of sp³-hybridized carbons (Fsp3) is 1.00. The zero-order chi connectivity index (χ0) is 10.6. The number of hydrogen-bond donors (Lipinski definition) is 1. The van der Waals surface area contributed by atoms with E-state index in [2.05, 4.69) is 49.6 Å². The second kappa shape index (κ2) is 11.3. The van der Waals surface area contributed by atoms with Gasteiger partial charge in [-0.25, -0.2) is 0 Å². The quantitative estimate of drug-likeness (QED) is 0.480. The summed E-state index contributed by atoms with van der Waals surface area (Å²) < 4.78 is 5.39. The van der Waals surface area contributed by atoms with Gasteiger partial charge in [-0.1, -0.05) is 0 Å². The van der Waals surface area contributed by atoms with Crippen LogP contribution in [-0.4, -0.2) is 67.8 Å². The number of halogens is 3. The SMILES string of the molecule is CO[C]1([Ti+3])CNCCN(C)CCN1C.[Cl-].[Cl-].[Cl-]. The van der Waals surface area contributed by atoms with Crippen molar-refractivity contribution in [3.63, 3.8) is 0 Å². The predicted molar refractivity (Wildman–Crippen MR) is 52.7 cm³/mol. The molecule has 4 nitrogen and oxygen atoms in total. The maximum atomic E-state index is 5.56. The number of nitrogens with zero attached hydrogens (tertiary/aromatic N) is 2. The first-order valence-electron chi connectivity index (χ1n) is 4.99. The average Bonchev–Trinajstić information content (AvgIpc) is 2.24. The number of likely N-dealkylation sites (N-methyl/N-ethyl adjacent to an activating group) is 2. The Kier molecular flexibility index (Phi) is 15.6. The van der Waals surface area contributed by atoms with Crippen LogP contribution in [0.15, 0.2) is 0 Å². The maximum Gasteiger partial charge on any atom is -1.00 e. The Balaban J connectivity index is -0.000000653.